The minimum atomic E-state index is -0.802. The lowest BCUT2D eigenvalue weighted by Gasteiger charge is -2.26. The Hall–Kier alpha value is -1.03. The second kappa shape index (κ2) is 4.87. The molecule has 0 unspecified atom stereocenters. The third-order valence-corrected chi connectivity index (χ3v) is 3.10. The van der Waals surface area contributed by atoms with Gasteiger partial charge in [0.15, 0.2) is 0 Å². The van der Waals surface area contributed by atoms with Crippen molar-refractivity contribution in [1.29, 1.82) is 0 Å². The van der Waals surface area contributed by atoms with Crippen LogP contribution in [0.4, 0.5) is 5.69 Å². The van der Waals surface area contributed by atoms with E-state index in [-0.39, 0.29) is 6.42 Å². The molecule has 1 rings (SSSR count). The smallest absolute Gasteiger partial charge is 0.305 e. The number of anilines is 1. The number of aliphatic carboxylic acids is 1. The molecule has 0 amide bonds. The molecule has 2 N–H and O–H groups in total. The van der Waals surface area contributed by atoms with Crippen molar-refractivity contribution in [3.05, 3.63) is 28.2 Å². The first kappa shape index (κ1) is 13.0. The number of rotatable bonds is 4. The van der Waals surface area contributed by atoms with Crippen molar-refractivity contribution < 1.29 is 9.90 Å². The summed E-state index contributed by atoms with van der Waals surface area (Å²) in [5, 5.41) is 12.0. The fraction of sp³-hybridized carbons (Fsp3) is 0.417. The number of hydrogen-bond acceptors (Lipinski definition) is 2. The third-order valence-electron chi connectivity index (χ3n) is 2.25. The predicted octanol–water partition coefficient (Wildman–Crippen LogP) is 3.42. The van der Waals surface area contributed by atoms with Crippen molar-refractivity contribution in [2.45, 2.75) is 32.7 Å². The molecular formula is C12H16BrNO2. The lowest BCUT2D eigenvalue weighted by atomic mass is 10.0. The topological polar surface area (TPSA) is 49.3 Å². The van der Waals surface area contributed by atoms with Gasteiger partial charge in [0, 0.05) is 15.7 Å². The van der Waals surface area contributed by atoms with Crippen LogP contribution in [0.5, 0.6) is 0 Å². The molecule has 0 spiro atoms. The zero-order valence-electron chi connectivity index (χ0n) is 9.67. The van der Waals surface area contributed by atoms with Gasteiger partial charge in [-0.15, -0.1) is 0 Å². The molecule has 0 aliphatic heterocycles. The van der Waals surface area contributed by atoms with Crippen LogP contribution in [0, 0.1) is 6.92 Å². The highest BCUT2D eigenvalue weighted by Gasteiger charge is 2.21. The Labute approximate surface area is 104 Å². The zero-order chi connectivity index (χ0) is 12.3. The Morgan fingerprint density at radius 1 is 1.50 bits per heavy atom. The lowest BCUT2D eigenvalue weighted by Crippen LogP contribution is -2.33. The van der Waals surface area contributed by atoms with E-state index in [0.29, 0.717) is 0 Å². The van der Waals surface area contributed by atoms with E-state index in [2.05, 4.69) is 21.2 Å². The summed E-state index contributed by atoms with van der Waals surface area (Å²) in [6.07, 6.45) is 0.0818. The molecule has 3 nitrogen and oxygen atoms in total. The van der Waals surface area contributed by atoms with Crippen molar-refractivity contribution in [2.24, 2.45) is 0 Å². The van der Waals surface area contributed by atoms with Crippen LogP contribution in [0.2, 0.25) is 0 Å². The molecule has 0 saturated heterocycles. The van der Waals surface area contributed by atoms with E-state index >= 15 is 0 Å². The maximum atomic E-state index is 10.7. The number of carboxylic acid groups (broad SMARTS) is 1. The fourth-order valence-electron chi connectivity index (χ4n) is 1.48. The van der Waals surface area contributed by atoms with Gasteiger partial charge in [-0.05, 0) is 38.5 Å². The summed E-state index contributed by atoms with van der Waals surface area (Å²) >= 11 is 3.45. The normalized spacial score (nSPS) is 11.2. The molecule has 0 fully saturated rings. The van der Waals surface area contributed by atoms with Crippen molar-refractivity contribution in [3.63, 3.8) is 0 Å². The zero-order valence-corrected chi connectivity index (χ0v) is 11.3. The number of benzene rings is 1. The molecule has 0 atom stereocenters. The van der Waals surface area contributed by atoms with Crippen molar-refractivity contribution in [1.82, 2.24) is 0 Å². The van der Waals surface area contributed by atoms with Crippen molar-refractivity contribution in [3.8, 4) is 0 Å². The summed E-state index contributed by atoms with van der Waals surface area (Å²) < 4.78 is 1.02. The van der Waals surface area contributed by atoms with Gasteiger partial charge in [-0.3, -0.25) is 4.79 Å². The second-order valence-electron chi connectivity index (χ2n) is 4.54. The van der Waals surface area contributed by atoms with Crippen LogP contribution in [0.25, 0.3) is 0 Å². The summed E-state index contributed by atoms with van der Waals surface area (Å²) in [6.45, 7) is 5.75. The van der Waals surface area contributed by atoms with Crippen LogP contribution >= 0.6 is 15.9 Å². The van der Waals surface area contributed by atoms with Gasteiger partial charge in [0.1, 0.15) is 0 Å². The fourth-order valence-corrected chi connectivity index (χ4v) is 1.86. The number of carbonyl (C=O) groups is 1. The van der Waals surface area contributed by atoms with Gasteiger partial charge in [0.2, 0.25) is 0 Å². The molecule has 0 heterocycles. The quantitative estimate of drug-likeness (QED) is 0.891. The first-order valence-corrected chi connectivity index (χ1v) is 5.85. The second-order valence-corrected chi connectivity index (χ2v) is 5.40. The monoisotopic (exact) mass is 285 g/mol. The number of nitrogens with one attached hydrogen (secondary N) is 1. The van der Waals surface area contributed by atoms with Gasteiger partial charge in [-0.1, -0.05) is 22.0 Å². The molecule has 4 heteroatoms. The van der Waals surface area contributed by atoms with Crippen LogP contribution in [0.1, 0.15) is 25.8 Å². The van der Waals surface area contributed by atoms with E-state index in [1.54, 1.807) is 0 Å². The maximum Gasteiger partial charge on any atom is 0.305 e. The van der Waals surface area contributed by atoms with Crippen molar-refractivity contribution in [2.75, 3.05) is 5.32 Å². The molecule has 0 aliphatic rings. The van der Waals surface area contributed by atoms with E-state index < -0.39 is 11.5 Å². The van der Waals surface area contributed by atoms with E-state index in [0.717, 1.165) is 15.7 Å². The molecule has 0 aliphatic carbocycles. The number of hydrogen-bond donors (Lipinski definition) is 2. The average Bonchev–Trinajstić information content (AvgIpc) is 2.08. The maximum absolute atomic E-state index is 10.7. The Balaban J connectivity index is 2.79. The first-order valence-electron chi connectivity index (χ1n) is 5.06. The summed E-state index contributed by atoms with van der Waals surface area (Å²) in [6, 6.07) is 5.89. The molecule has 0 aromatic heterocycles. The minimum absolute atomic E-state index is 0.0818. The van der Waals surface area contributed by atoms with E-state index in [1.165, 1.54) is 0 Å². The van der Waals surface area contributed by atoms with Crippen LogP contribution < -0.4 is 5.32 Å². The molecular weight excluding hydrogens is 270 g/mol. The molecule has 1 aromatic carbocycles. The van der Waals surface area contributed by atoms with E-state index in [1.807, 2.05) is 39.0 Å². The Bertz CT molecular complexity index is 402. The van der Waals surface area contributed by atoms with E-state index in [9.17, 15) is 4.79 Å². The van der Waals surface area contributed by atoms with E-state index in [4.69, 9.17) is 5.11 Å². The summed E-state index contributed by atoms with van der Waals surface area (Å²) in [5.41, 5.74) is 1.62. The number of halogens is 1. The number of aryl methyl sites for hydroxylation is 1. The minimum Gasteiger partial charge on any atom is -0.481 e. The highest BCUT2D eigenvalue weighted by Crippen LogP contribution is 2.24. The highest BCUT2D eigenvalue weighted by molar-refractivity contribution is 9.10. The number of carboxylic acids is 1. The molecule has 0 saturated carbocycles. The first-order chi connectivity index (χ1) is 7.30. The molecule has 16 heavy (non-hydrogen) atoms. The Morgan fingerprint density at radius 2 is 2.12 bits per heavy atom. The van der Waals surface area contributed by atoms with Gasteiger partial charge in [-0.2, -0.15) is 0 Å². The molecule has 88 valence electrons. The standard InChI is InChI=1S/C12H16BrNO2/c1-8-4-5-9(6-10(8)13)14-12(2,3)7-11(15)16/h4-6,14H,7H2,1-3H3,(H,15,16). The summed E-state index contributed by atoms with van der Waals surface area (Å²) in [7, 11) is 0. The Morgan fingerprint density at radius 3 is 2.62 bits per heavy atom. The largest absolute Gasteiger partial charge is 0.481 e. The highest BCUT2D eigenvalue weighted by atomic mass is 79.9. The predicted molar refractivity (Wildman–Crippen MR) is 68.8 cm³/mol. The van der Waals surface area contributed by atoms with Gasteiger partial charge < -0.3 is 10.4 Å². The summed E-state index contributed by atoms with van der Waals surface area (Å²) in [5.74, 6) is -0.802. The molecule has 0 radical (unpaired) electrons. The van der Waals surface area contributed by atoms with Crippen LogP contribution in [0.15, 0.2) is 22.7 Å². The SMILES string of the molecule is Cc1ccc(NC(C)(C)CC(=O)O)cc1Br. The lowest BCUT2D eigenvalue weighted by molar-refractivity contribution is -0.137. The van der Waals surface area contributed by atoms with Crippen LogP contribution in [0.3, 0.4) is 0 Å². The van der Waals surface area contributed by atoms with Crippen molar-refractivity contribution >= 4 is 27.6 Å². The third kappa shape index (κ3) is 3.85. The Kier molecular flexibility index (Phi) is 3.97. The van der Waals surface area contributed by atoms with Crippen LogP contribution in [-0.4, -0.2) is 16.6 Å². The summed E-state index contributed by atoms with van der Waals surface area (Å²) in [4.78, 5) is 10.7. The van der Waals surface area contributed by atoms with Gasteiger partial charge >= 0.3 is 5.97 Å². The average molecular weight is 286 g/mol. The molecule has 0 bridgehead atoms. The molecule has 1 aromatic rings. The van der Waals surface area contributed by atoms with Gasteiger partial charge in [0.05, 0.1) is 6.42 Å². The van der Waals surface area contributed by atoms with Crippen LogP contribution in [-0.2, 0) is 4.79 Å². The van der Waals surface area contributed by atoms with Gasteiger partial charge in [0.25, 0.3) is 0 Å². The van der Waals surface area contributed by atoms with Gasteiger partial charge in [-0.25, -0.2) is 0 Å².